The Hall–Kier alpha value is -0.610. The van der Waals surface area contributed by atoms with Gasteiger partial charge in [-0.15, -0.1) is 0 Å². The van der Waals surface area contributed by atoms with Crippen molar-refractivity contribution in [2.75, 3.05) is 13.1 Å². The summed E-state index contributed by atoms with van der Waals surface area (Å²) in [6.07, 6.45) is 2.32. The lowest BCUT2D eigenvalue weighted by molar-refractivity contribution is -0.121. The van der Waals surface area contributed by atoms with Gasteiger partial charge in [-0.2, -0.15) is 0 Å². The molecule has 0 rings (SSSR count). The summed E-state index contributed by atoms with van der Waals surface area (Å²) in [6.45, 7) is 5.43. The molecule has 0 bridgehead atoms. The zero-order chi connectivity index (χ0) is 11.0. The molecular weight excluding hydrogens is 178 g/mol. The van der Waals surface area contributed by atoms with Gasteiger partial charge in [0.05, 0.1) is 0 Å². The van der Waals surface area contributed by atoms with Crippen molar-refractivity contribution in [3.05, 3.63) is 0 Å². The second-order valence-corrected chi connectivity index (χ2v) is 3.96. The second kappa shape index (κ2) is 7.76. The standard InChI is InChI=1S/C10H23N3O/c1-8(2)9(12)7-10(14)13-6-4-3-5-11/h8-9H,3-7,11-12H2,1-2H3,(H,13,14). The fourth-order valence-electron chi connectivity index (χ4n) is 1.02. The predicted octanol–water partition coefficient (Wildman–Crippen LogP) is 0.215. The third kappa shape index (κ3) is 6.86. The Morgan fingerprint density at radius 1 is 1.36 bits per heavy atom. The molecular formula is C10H23N3O. The molecule has 0 saturated carbocycles. The minimum Gasteiger partial charge on any atom is -0.356 e. The van der Waals surface area contributed by atoms with E-state index in [0.717, 1.165) is 12.8 Å². The maximum absolute atomic E-state index is 11.3. The molecule has 84 valence electrons. The van der Waals surface area contributed by atoms with Gasteiger partial charge in [-0.25, -0.2) is 0 Å². The van der Waals surface area contributed by atoms with Gasteiger partial charge in [-0.3, -0.25) is 4.79 Å². The molecule has 1 unspecified atom stereocenters. The van der Waals surface area contributed by atoms with Crippen LogP contribution < -0.4 is 16.8 Å². The summed E-state index contributed by atoms with van der Waals surface area (Å²) in [5, 5.41) is 2.83. The lowest BCUT2D eigenvalue weighted by Crippen LogP contribution is -2.35. The van der Waals surface area contributed by atoms with Crippen molar-refractivity contribution in [1.29, 1.82) is 0 Å². The third-order valence-corrected chi connectivity index (χ3v) is 2.23. The number of rotatable bonds is 7. The summed E-state index contributed by atoms with van der Waals surface area (Å²) in [5.41, 5.74) is 11.1. The maximum atomic E-state index is 11.3. The number of hydrogen-bond acceptors (Lipinski definition) is 3. The first kappa shape index (κ1) is 13.4. The summed E-state index contributed by atoms with van der Waals surface area (Å²) in [4.78, 5) is 11.3. The topological polar surface area (TPSA) is 81.1 Å². The molecule has 0 saturated heterocycles. The minimum absolute atomic E-state index is 0.0375. The lowest BCUT2D eigenvalue weighted by Gasteiger charge is -2.14. The molecule has 0 aliphatic rings. The van der Waals surface area contributed by atoms with Gasteiger partial charge in [0.2, 0.25) is 5.91 Å². The van der Waals surface area contributed by atoms with Gasteiger partial charge in [-0.05, 0) is 25.3 Å². The van der Waals surface area contributed by atoms with E-state index in [1.54, 1.807) is 0 Å². The number of carbonyl (C=O) groups excluding carboxylic acids is 1. The van der Waals surface area contributed by atoms with Crippen molar-refractivity contribution in [2.45, 2.75) is 39.2 Å². The molecule has 0 aliphatic heterocycles. The fraction of sp³-hybridized carbons (Fsp3) is 0.900. The van der Waals surface area contributed by atoms with Gasteiger partial charge >= 0.3 is 0 Å². The molecule has 5 N–H and O–H groups in total. The Balaban J connectivity index is 3.45. The first-order valence-corrected chi connectivity index (χ1v) is 5.30. The monoisotopic (exact) mass is 201 g/mol. The molecule has 4 nitrogen and oxygen atoms in total. The van der Waals surface area contributed by atoms with Crippen molar-refractivity contribution < 1.29 is 4.79 Å². The van der Waals surface area contributed by atoms with E-state index in [4.69, 9.17) is 11.5 Å². The van der Waals surface area contributed by atoms with E-state index >= 15 is 0 Å². The van der Waals surface area contributed by atoms with Crippen molar-refractivity contribution >= 4 is 5.91 Å². The van der Waals surface area contributed by atoms with E-state index in [9.17, 15) is 4.79 Å². The molecule has 0 aliphatic carbocycles. The van der Waals surface area contributed by atoms with Crippen LogP contribution in [0.1, 0.15) is 33.1 Å². The molecule has 0 heterocycles. The fourth-order valence-corrected chi connectivity index (χ4v) is 1.02. The molecule has 0 fully saturated rings. The molecule has 0 radical (unpaired) electrons. The summed E-state index contributed by atoms with van der Waals surface area (Å²) in [6, 6.07) is -0.0375. The van der Waals surface area contributed by atoms with Crippen molar-refractivity contribution in [3.63, 3.8) is 0 Å². The first-order chi connectivity index (χ1) is 6.57. The van der Waals surface area contributed by atoms with Crippen molar-refractivity contribution in [2.24, 2.45) is 17.4 Å². The number of nitrogens with two attached hydrogens (primary N) is 2. The third-order valence-electron chi connectivity index (χ3n) is 2.23. The second-order valence-electron chi connectivity index (χ2n) is 3.96. The average Bonchev–Trinajstić information content (AvgIpc) is 2.12. The highest BCUT2D eigenvalue weighted by molar-refractivity contribution is 5.76. The number of hydrogen-bond donors (Lipinski definition) is 3. The van der Waals surface area contributed by atoms with E-state index in [1.165, 1.54) is 0 Å². The Kier molecular flexibility index (Phi) is 7.42. The SMILES string of the molecule is CC(C)C(N)CC(=O)NCCCCN. The van der Waals surface area contributed by atoms with Crippen LogP contribution in [0.3, 0.4) is 0 Å². The average molecular weight is 201 g/mol. The Bertz CT molecular complexity index is 159. The molecule has 0 aromatic carbocycles. The number of unbranched alkanes of at least 4 members (excludes halogenated alkanes) is 1. The quantitative estimate of drug-likeness (QED) is 0.515. The summed E-state index contributed by atoms with van der Waals surface area (Å²) in [5.74, 6) is 0.396. The molecule has 0 spiro atoms. The van der Waals surface area contributed by atoms with Crippen LogP contribution in [0.4, 0.5) is 0 Å². The minimum atomic E-state index is -0.0375. The molecule has 4 heteroatoms. The van der Waals surface area contributed by atoms with Gasteiger partial charge < -0.3 is 16.8 Å². The first-order valence-electron chi connectivity index (χ1n) is 5.30. The van der Waals surface area contributed by atoms with Crippen LogP contribution in [0.25, 0.3) is 0 Å². The van der Waals surface area contributed by atoms with E-state index in [-0.39, 0.29) is 11.9 Å². The number of amides is 1. The highest BCUT2D eigenvalue weighted by atomic mass is 16.1. The van der Waals surface area contributed by atoms with E-state index < -0.39 is 0 Å². The van der Waals surface area contributed by atoms with Crippen molar-refractivity contribution in [1.82, 2.24) is 5.32 Å². The molecule has 0 aromatic heterocycles. The lowest BCUT2D eigenvalue weighted by atomic mass is 10.0. The molecule has 0 aromatic rings. The van der Waals surface area contributed by atoms with Crippen LogP contribution in [0.2, 0.25) is 0 Å². The summed E-state index contributed by atoms with van der Waals surface area (Å²) < 4.78 is 0. The van der Waals surface area contributed by atoms with Gasteiger partial charge in [0.15, 0.2) is 0 Å². The summed E-state index contributed by atoms with van der Waals surface area (Å²) >= 11 is 0. The predicted molar refractivity (Wildman–Crippen MR) is 58.7 cm³/mol. The highest BCUT2D eigenvalue weighted by Crippen LogP contribution is 2.02. The van der Waals surface area contributed by atoms with Crippen LogP contribution in [0.15, 0.2) is 0 Å². The van der Waals surface area contributed by atoms with Gasteiger partial charge in [0.25, 0.3) is 0 Å². The largest absolute Gasteiger partial charge is 0.356 e. The van der Waals surface area contributed by atoms with Crippen LogP contribution >= 0.6 is 0 Å². The van der Waals surface area contributed by atoms with Gasteiger partial charge in [0, 0.05) is 19.0 Å². The van der Waals surface area contributed by atoms with Gasteiger partial charge in [-0.1, -0.05) is 13.8 Å². The van der Waals surface area contributed by atoms with Crippen molar-refractivity contribution in [3.8, 4) is 0 Å². The van der Waals surface area contributed by atoms with E-state index in [2.05, 4.69) is 5.32 Å². The zero-order valence-electron chi connectivity index (χ0n) is 9.25. The maximum Gasteiger partial charge on any atom is 0.221 e. The molecule has 14 heavy (non-hydrogen) atoms. The normalized spacial score (nSPS) is 12.9. The van der Waals surface area contributed by atoms with Gasteiger partial charge in [0.1, 0.15) is 0 Å². The molecule has 1 atom stereocenters. The molecule has 1 amide bonds. The number of nitrogens with one attached hydrogen (secondary N) is 1. The Morgan fingerprint density at radius 2 is 2.00 bits per heavy atom. The Labute approximate surface area is 86.4 Å². The van der Waals surface area contributed by atoms with Crippen LogP contribution in [0, 0.1) is 5.92 Å². The number of carbonyl (C=O) groups is 1. The van der Waals surface area contributed by atoms with E-state index in [0.29, 0.717) is 25.4 Å². The smallest absolute Gasteiger partial charge is 0.221 e. The highest BCUT2D eigenvalue weighted by Gasteiger charge is 2.11. The van der Waals surface area contributed by atoms with Crippen LogP contribution in [0.5, 0.6) is 0 Å². The zero-order valence-corrected chi connectivity index (χ0v) is 9.25. The Morgan fingerprint density at radius 3 is 2.50 bits per heavy atom. The van der Waals surface area contributed by atoms with Crippen LogP contribution in [-0.2, 0) is 4.79 Å². The van der Waals surface area contributed by atoms with Crippen LogP contribution in [-0.4, -0.2) is 25.0 Å². The van der Waals surface area contributed by atoms with E-state index in [1.807, 2.05) is 13.8 Å². The summed E-state index contributed by atoms with van der Waals surface area (Å²) in [7, 11) is 0.